The van der Waals surface area contributed by atoms with Gasteiger partial charge in [-0.2, -0.15) is 0 Å². The zero-order valence-corrected chi connectivity index (χ0v) is 5.24. The number of carbonyl (C=O) groups is 1. The third-order valence-corrected chi connectivity index (χ3v) is 0.707. The Balaban J connectivity index is 3.36. The van der Waals surface area contributed by atoms with Gasteiger partial charge in [-0.1, -0.05) is 12.2 Å². The van der Waals surface area contributed by atoms with E-state index in [9.17, 15) is 4.79 Å². The molecule has 0 aromatic heterocycles. The van der Waals surface area contributed by atoms with E-state index >= 15 is 0 Å². The number of hydrogen-bond acceptors (Lipinski definition) is 2. The van der Waals surface area contributed by atoms with E-state index in [1.54, 1.807) is 6.92 Å². The van der Waals surface area contributed by atoms with Gasteiger partial charge >= 0.3 is 5.97 Å². The molecular formula is C6H10O3. The summed E-state index contributed by atoms with van der Waals surface area (Å²) >= 11 is 0. The highest BCUT2D eigenvalue weighted by Crippen LogP contribution is 1.86. The summed E-state index contributed by atoms with van der Waals surface area (Å²) in [5.41, 5.74) is 0. The predicted octanol–water partition coefficient (Wildman–Crippen LogP) is 0.398. The first-order valence-electron chi connectivity index (χ1n) is 2.69. The van der Waals surface area contributed by atoms with Crippen LogP contribution in [-0.4, -0.2) is 22.3 Å². The summed E-state index contributed by atoms with van der Waals surface area (Å²) in [6.45, 7) is 1.57. The van der Waals surface area contributed by atoms with Gasteiger partial charge in [0.05, 0.1) is 12.5 Å². The third kappa shape index (κ3) is 7.17. The van der Waals surface area contributed by atoms with Crippen LogP contribution in [0.5, 0.6) is 0 Å². The second-order valence-electron chi connectivity index (χ2n) is 1.77. The molecule has 2 N–H and O–H groups in total. The van der Waals surface area contributed by atoms with Gasteiger partial charge in [-0.3, -0.25) is 4.79 Å². The quantitative estimate of drug-likeness (QED) is 0.543. The van der Waals surface area contributed by atoms with Crippen molar-refractivity contribution in [2.24, 2.45) is 0 Å². The molecule has 0 bridgehead atoms. The van der Waals surface area contributed by atoms with Crippen LogP contribution in [0.25, 0.3) is 0 Å². The fourth-order valence-corrected chi connectivity index (χ4v) is 0.366. The molecule has 0 amide bonds. The molecule has 3 heteroatoms. The molecule has 0 aliphatic rings. The van der Waals surface area contributed by atoms with Gasteiger partial charge in [0.1, 0.15) is 0 Å². The summed E-state index contributed by atoms with van der Waals surface area (Å²) < 4.78 is 0. The minimum Gasteiger partial charge on any atom is -0.481 e. The molecule has 0 fully saturated rings. The van der Waals surface area contributed by atoms with Crippen LogP contribution in [0.3, 0.4) is 0 Å². The molecule has 3 nitrogen and oxygen atoms in total. The Hall–Kier alpha value is -0.830. The average Bonchev–Trinajstić information content (AvgIpc) is 1.63. The monoisotopic (exact) mass is 130 g/mol. The first-order valence-corrected chi connectivity index (χ1v) is 2.69. The summed E-state index contributed by atoms with van der Waals surface area (Å²) in [6.07, 6.45) is 2.29. The lowest BCUT2D eigenvalue weighted by atomic mass is 10.3. The van der Waals surface area contributed by atoms with Gasteiger partial charge in [0.15, 0.2) is 0 Å². The van der Waals surface area contributed by atoms with Crippen molar-refractivity contribution in [2.45, 2.75) is 19.4 Å². The van der Waals surface area contributed by atoms with Crippen LogP contribution in [0.4, 0.5) is 0 Å². The van der Waals surface area contributed by atoms with Gasteiger partial charge in [0.25, 0.3) is 0 Å². The van der Waals surface area contributed by atoms with Crippen molar-refractivity contribution in [1.82, 2.24) is 0 Å². The van der Waals surface area contributed by atoms with E-state index in [1.807, 2.05) is 0 Å². The topological polar surface area (TPSA) is 57.5 Å². The molecule has 0 aromatic rings. The van der Waals surface area contributed by atoms with E-state index in [0.717, 1.165) is 0 Å². The molecule has 1 unspecified atom stereocenters. The number of aliphatic carboxylic acids is 1. The van der Waals surface area contributed by atoms with Crippen molar-refractivity contribution in [2.75, 3.05) is 0 Å². The average molecular weight is 130 g/mol. The highest BCUT2D eigenvalue weighted by atomic mass is 16.4. The molecule has 0 spiro atoms. The molecule has 0 heterocycles. The van der Waals surface area contributed by atoms with Crippen LogP contribution < -0.4 is 0 Å². The van der Waals surface area contributed by atoms with Crippen LogP contribution in [0.1, 0.15) is 13.3 Å². The third-order valence-electron chi connectivity index (χ3n) is 0.707. The molecule has 0 saturated carbocycles. The summed E-state index contributed by atoms with van der Waals surface area (Å²) in [7, 11) is 0. The van der Waals surface area contributed by atoms with Crippen molar-refractivity contribution in [3.05, 3.63) is 12.2 Å². The molecule has 0 aliphatic carbocycles. The lowest BCUT2D eigenvalue weighted by Crippen LogP contribution is -1.94. The van der Waals surface area contributed by atoms with Crippen LogP contribution in [0, 0.1) is 0 Å². The van der Waals surface area contributed by atoms with Crippen molar-refractivity contribution in [3.8, 4) is 0 Å². The molecular weight excluding hydrogens is 120 g/mol. The largest absolute Gasteiger partial charge is 0.481 e. The van der Waals surface area contributed by atoms with E-state index in [2.05, 4.69) is 0 Å². The predicted molar refractivity (Wildman–Crippen MR) is 33.1 cm³/mol. The first-order chi connectivity index (χ1) is 4.13. The zero-order chi connectivity index (χ0) is 7.28. The molecule has 0 aromatic carbocycles. The number of aliphatic hydroxyl groups excluding tert-OH is 1. The van der Waals surface area contributed by atoms with Crippen molar-refractivity contribution in [1.29, 1.82) is 0 Å². The molecule has 1 atom stereocenters. The van der Waals surface area contributed by atoms with Gasteiger partial charge in [0, 0.05) is 0 Å². The minimum atomic E-state index is -0.882. The summed E-state index contributed by atoms with van der Waals surface area (Å²) in [4.78, 5) is 9.85. The SMILES string of the molecule is CC(O)C=CCC(=O)O. The Kier molecular flexibility index (Phi) is 3.71. The second-order valence-corrected chi connectivity index (χ2v) is 1.77. The van der Waals surface area contributed by atoms with Crippen LogP contribution in [0.2, 0.25) is 0 Å². The van der Waals surface area contributed by atoms with Crippen LogP contribution >= 0.6 is 0 Å². The minimum absolute atomic E-state index is 0.0229. The lowest BCUT2D eigenvalue weighted by molar-refractivity contribution is -0.136. The van der Waals surface area contributed by atoms with Crippen LogP contribution in [0.15, 0.2) is 12.2 Å². The fraction of sp³-hybridized carbons (Fsp3) is 0.500. The Morgan fingerprint density at radius 2 is 2.33 bits per heavy atom. The Bertz CT molecular complexity index is 115. The number of rotatable bonds is 3. The zero-order valence-electron chi connectivity index (χ0n) is 5.24. The molecule has 52 valence electrons. The van der Waals surface area contributed by atoms with Gasteiger partial charge in [-0.25, -0.2) is 0 Å². The molecule has 0 aliphatic heterocycles. The van der Waals surface area contributed by atoms with E-state index < -0.39 is 12.1 Å². The van der Waals surface area contributed by atoms with Crippen molar-refractivity contribution >= 4 is 5.97 Å². The number of carboxylic acids is 1. The second kappa shape index (κ2) is 4.09. The Labute approximate surface area is 53.6 Å². The normalized spacial score (nSPS) is 14.0. The standard InChI is InChI=1S/C6H10O3/c1-5(7)3-2-4-6(8)9/h2-3,5,7H,4H2,1H3,(H,8,9). The van der Waals surface area contributed by atoms with E-state index in [-0.39, 0.29) is 6.42 Å². The summed E-state index contributed by atoms with van der Waals surface area (Å²) in [6, 6.07) is 0. The number of carboxylic acid groups (broad SMARTS) is 1. The number of aliphatic hydroxyl groups is 1. The molecule has 0 rings (SSSR count). The fourth-order valence-electron chi connectivity index (χ4n) is 0.366. The van der Waals surface area contributed by atoms with Crippen LogP contribution in [-0.2, 0) is 4.79 Å². The van der Waals surface area contributed by atoms with E-state index in [1.165, 1.54) is 12.2 Å². The molecule has 0 radical (unpaired) electrons. The highest BCUT2D eigenvalue weighted by molar-refractivity contribution is 5.68. The Morgan fingerprint density at radius 3 is 2.67 bits per heavy atom. The maximum Gasteiger partial charge on any atom is 0.307 e. The smallest absolute Gasteiger partial charge is 0.307 e. The number of hydrogen-bond donors (Lipinski definition) is 2. The van der Waals surface area contributed by atoms with E-state index in [4.69, 9.17) is 10.2 Å². The molecule has 9 heavy (non-hydrogen) atoms. The van der Waals surface area contributed by atoms with Gasteiger partial charge < -0.3 is 10.2 Å². The maximum absolute atomic E-state index is 9.85. The highest BCUT2D eigenvalue weighted by Gasteiger charge is 1.90. The summed E-state index contributed by atoms with van der Waals surface area (Å²) in [5.74, 6) is -0.882. The molecule has 0 saturated heterocycles. The van der Waals surface area contributed by atoms with Crippen molar-refractivity contribution < 1.29 is 15.0 Å². The van der Waals surface area contributed by atoms with E-state index in [0.29, 0.717) is 0 Å². The van der Waals surface area contributed by atoms with Crippen molar-refractivity contribution in [3.63, 3.8) is 0 Å². The lowest BCUT2D eigenvalue weighted by Gasteiger charge is -1.90. The van der Waals surface area contributed by atoms with Gasteiger partial charge in [-0.05, 0) is 6.92 Å². The van der Waals surface area contributed by atoms with Gasteiger partial charge in [0.2, 0.25) is 0 Å². The van der Waals surface area contributed by atoms with Gasteiger partial charge in [-0.15, -0.1) is 0 Å². The first kappa shape index (κ1) is 8.17. The maximum atomic E-state index is 9.85. The summed E-state index contributed by atoms with van der Waals surface area (Å²) in [5, 5.41) is 16.7. The Morgan fingerprint density at radius 1 is 1.78 bits per heavy atom.